The first-order chi connectivity index (χ1) is 18.3. The molecule has 5 rings (SSSR count). The number of imidazole rings is 1. The summed E-state index contributed by atoms with van der Waals surface area (Å²) < 4.78 is 8.52. The third-order valence-corrected chi connectivity index (χ3v) is 6.66. The summed E-state index contributed by atoms with van der Waals surface area (Å²) in [6.07, 6.45) is 4.38. The van der Waals surface area contributed by atoms with Gasteiger partial charge in [0.25, 0.3) is 0 Å². The molecule has 5 nitrogen and oxygen atoms in total. The lowest BCUT2D eigenvalue weighted by Crippen LogP contribution is -2.26. The van der Waals surface area contributed by atoms with Crippen LogP contribution in [0.1, 0.15) is 30.7 Å². The van der Waals surface area contributed by atoms with Gasteiger partial charge in [-0.1, -0.05) is 85.3 Å². The molecular weight excluding hydrogens is 458 g/mol. The molecule has 1 N–H and O–H groups in total. The number of amides is 1. The molecule has 0 saturated carbocycles. The molecule has 1 aromatic heterocycles. The summed E-state index contributed by atoms with van der Waals surface area (Å²) >= 11 is 0. The molecule has 5 aromatic rings. The van der Waals surface area contributed by atoms with Gasteiger partial charge in [-0.3, -0.25) is 4.79 Å². The van der Waals surface area contributed by atoms with E-state index in [4.69, 9.17) is 9.72 Å². The molecule has 188 valence electrons. The number of ether oxygens (including phenoxy) is 1. The zero-order valence-electron chi connectivity index (χ0n) is 21.1. The number of rotatable bonds is 12. The number of carbonyl (C=O) groups excluding carboxylic acids is 1. The second-order valence-corrected chi connectivity index (χ2v) is 9.32. The number of aromatic nitrogens is 2. The van der Waals surface area contributed by atoms with E-state index in [0.717, 1.165) is 65.8 Å². The summed E-state index contributed by atoms with van der Waals surface area (Å²) in [5.41, 5.74) is 3.21. The molecule has 0 aliphatic carbocycles. The summed E-state index contributed by atoms with van der Waals surface area (Å²) in [5.74, 6) is 2.09. The van der Waals surface area contributed by atoms with Crippen LogP contribution in [0.25, 0.3) is 21.8 Å². The van der Waals surface area contributed by atoms with E-state index in [-0.39, 0.29) is 5.91 Å². The highest BCUT2D eigenvalue weighted by atomic mass is 16.5. The highest BCUT2D eigenvalue weighted by Crippen LogP contribution is 2.25. The van der Waals surface area contributed by atoms with E-state index in [2.05, 4.69) is 52.3 Å². The van der Waals surface area contributed by atoms with Crippen LogP contribution in [0.4, 0.5) is 0 Å². The van der Waals surface area contributed by atoms with Gasteiger partial charge in [-0.15, -0.1) is 0 Å². The van der Waals surface area contributed by atoms with Gasteiger partial charge in [-0.25, -0.2) is 4.98 Å². The number of benzene rings is 4. The van der Waals surface area contributed by atoms with Crippen LogP contribution in [0, 0.1) is 0 Å². The predicted octanol–water partition coefficient (Wildman–Crippen LogP) is 6.34. The zero-order valence-corrected chi connectivity index (χ0v) is 21.1. The van der Waals surface area contributed by atoms with Gasteiger partial charge in [-0.2, -0.15) is 0 Å². The minimum absolute atomic E-state index is 0.0826. The van der Waals surface area contributed by atoms with Crippen LogP contribution in [-0.2, 0) is 24.2 Å². The number of para-hydroxylation sites is 2. The van der Waals surface area contributed by atoms with Crippen molar-refractivity contribution in [1.82, 2.24) is 14.9 Å². The number of nitrogens with zero attached hydrogens (tertiary/aromatic N) is 2. The van der Waals surface area contributed by atoms with Crippen molar-refractivity contribution in [2.75, 3.05) is 13.2 Å². The number of fused-ring (bicyclic) bond motifs is 2. The maximum absolute atomic E-state index is 12.1. The molecule has 0 radical (unpaired) electrons. The fourth-order valence-corrected chi connectivity index (χ4v) is 4.79. The fourth-order valence-electron chi connectivity index (χ4n) is 4.79. The van der Waals surface area contributed by atoms with Crippen LogP contribution in [0.3, 0.4) is 0 Å². The smallest absolute Gasteiger partial charge is 0.224 e. The van der Waals surface area contributed by atoms with E-state index in [1.807, 2.05) is 54.6 Å². The lowest BCUT2D eigenvalue weighted by atomic mass is 10.1. The van der Waals surface area contributed by atoms with E-state index in [9.17, 15) is 4.79 Å². The van der Waals surface area contributed by atoms with E-state index in [0.29, 0.717) is 19.6 Å². The first-order valence-electron chi connectivity index (χ1n) is 13.1. The first-order valence-corrected chi connectivity index (χ1v) is 13.1. The highest BCUT2D eigenvalue weighted by Gasteiger charge is 2.11. The van der Waals surface area contributed by atoms with Crippen molar-refractivity contribution < 1.29 is 9.53 Å². The van der Waals surface area contributed by atoms with Gasteiger partial charge in [0.2, 0.25) is 5.91 Å². The molecule has 0 aliphatic rings. The molecule has 5 heteroatoms. The van der Waals surface area contributed by atoms with Gasteiger partial charge in [-0.05, 0) is 42.0 Å². The Morgan fingerprint density at radius 3 is 2.51 bits per heavy atom. The molecule has 37 heavy (non-hydrogen) atoms. The van der Waals surface area contributed by atoms with E-state index >= 15 is 0 Å². The van der Waals surface area contributed by atoms with E-state index in [1.54, 1.807) is 0 Å². The standard InChI is InChI=1S/C32H33N3O2/c36-32(24-25-12-3-1-4-13-25)33-21-10-2-5-20-31-34-28-17-8-9-18-29(28)35(31)22-23-37-30-19-11-15-26-14-6-7-16-27(26)30/h1,3-4,6-9,11-19H,2,5,10,20-24H2,(H,33,36). The summed E-state index contributed by atoms with van der Waals surface area (Å²) in [5, 5.41) is 5.36. The Balaban J connectivity index is 1.13. The number of unbranched alkanes of at least 4 members (excludes halogenated alkanes) is 2. The van der Waals surface area contributed by atoms with Gasteiger partial charge < -0.3 is 14.6 Å². The Morgan fingerprint density at radius 2 is 1.59 bits per heavy atom. The van der Waals surface area contributed by atoms with Crippen LogP contribution >= 0.6 is 0 Å². The fraction of sp³-hybridized carbons (Fsp3) is 0.250. The minimum Gasteiger partial charge on any atom is -0.491 e. The minimum atomic E-state index is 0.0826. The third kappa shape index (κ3) is 6.36. The predicted molar refractivity (Wildman–Crippen MR) is 150 cm³/mol. The molecular formula is C32H33N3O2. The summed E-state index contributed by atoms with van der Waals surface area (Å²) in [7, 11) is 0. The Morgan fingerprint density at radius 1 is 0.811 bits per heavy atom. The average molecular weight is 492 g/mol. The van der Waals surface area contributed by atoms with Crippen molar-refractivity contribution in [1.29, 1.82) is 0 Å². The molecule has 0 saturated heterocycles. The lowest BCUT2D eigenvalue weighted by Gasteiger charge is -2.12. The maximum atomic E-state index is 12.1. The van der Waals surface area contributed by atoms with Gasteiger partial charge in [0, 0.05) is 18.4 Å². The van der Waals surface area contributed by atoms with Crippen molar-refractivity contribution in [2.45, 2.75) is 38.6 Å². The van der Waals surface area contributed by atoms with Crippen molar-refractivity contribution >= 4 is 27.7 Å². The number of hydrogen-bond acceptors (Lipinski definition) is 3. The second kappa shape index (κ2) is 12.2. The van der Waals surface area contributed by atoms with Gasteiger partial charge in [0.05, 0.1) is 24.0 Å². The van der Waals surface area contributed by atoms with Crippen LogP contribution in [0.2, 0.25) is 0 Å². The van der Waals surface area contributed by atoms with Gasteiger partial charge in [0.1, 0.15) is 18.2 Å². The lowest BCUT2D eigenvalue weighted by molar-refractivity contribution is -0.120. The molecule has 0 fully saturated rings. The number of nitrogens with one attached hydrogen (secondary N) is 1. The van der Waals surface area contributed by atoms with E-state index < -0.39 is 0 Å². The molecule has 0 spiro atoms. The van der Waals surface area contributed by atoms with Gasteiger partial charge >= 0.3 is 0 Å². The topological polar surface area (TPSA) is 56.2 Å². The third-order valence-electron chi connectivity index (χ3n) is 6.66. The zero-order chi connectivity index (χ0) is 25.3. The summed E-state index contributed by atoms with van der Waals surface area (Å²) in [6, 6.07) is 32.7. The molecule has 4 aromatic carbocycles. The number of hydrogen-bond donors (Lipinski definition) is 1. The molecule has 0 aliphatic heterocycles. The normalized spacial score (nSPS) is 11.1. The van der Waals surface area contributed by atoms with Crippen molar-refractivity contribution in [3.05, 3.63) is 108 Å². The quantitative estimate of drug-likeness (QED) is 0.207. The molecule has 0 unspecified atom stereocenters. The molecule has 0 atom stereocenters. The van der Waals surface area contributed by atoms with E-state index in [1.165, 1.54) is 5.39 Å². The Kier molecular flexibility index (Phi) is 8.11. The van der Waals surface area contributed by atoms with Crippen molar-refractivity contribution in [3.63, 3.8) is 0 Å². The largest absolute Gasteiger partial charge is 0.491 e. The van der Waals surface area contributed by atoms with Crippen LogP contribution < -0.4 is 10.1 Å². The monoisotopic (exact) mass is 491 g/mol. The summed E-state index contributed by atoms with van der Waals surface area (Å²) in [6.45, 7) is 2.03. The van der Waals surface area contributed by atoms with Crippen molar-refractivity contribution in [3.8, 4) is 5.75 Å². The SMILES string of the molecule is O=C(Cc1ccccc1)NCCCCCc1nc2ccccc2n1CCOc1cccc2ccccc12. The van der Waals surface area contributed by atoms with Gasteiger partial charge in [0.15, 0.2) is 0 Å². The Labute approximate surface area is 218 Å². The Hall–Kier alpha value is -4.12. The van der Waals surface area contributed by atoms with Crippen LogP contribution in [0.15, 0.2) is 97.1 Å². The van der Waals surface area contributed by atoms with Crippen LogP contribution in [0.5, 0.6) is 5.75 Å². The molecule has 1 amide bonds. The highest BCUT2D eigenvalue weighted by molar-refractivity contribution is 5.88. The average Bonchev–Trinajstić information content (AvgIpc) is 3.28. The second-order valence-electron chi connectivity index (χ2n) is 9.32. The molecule has 1 heterocycles. The van der Waals surface area contributed by atoms with Crippen LogP contribution in [-0.4, -0.2) is 28.6 Å². The maximum Gasteiger partial charge on any atom is 0.224 e. The first kappa shape index (κ1) is 24.6. The van der Waals surface area contributed by atoms with Crippen molar-refractivity contribution in [2.24, 2.45) is 0 Å². The molecule has 0 bridgehead atoms. The number of carbonyl (C=O) groups is 1. The summed E-state index contributed by atoms with van der Waals surface area (Å²) in [4.78, 5) is 17.1. The Bertz CT molecular complexity index is 1450. The number of aryl methyl sites for hydroxylation is 1.